The number of halogens is 1. The molecule has 0 aliphatic heterocycles. The van der Waals surface area contributed by atoms with Gasteiger partial charge in [0, 0.05) is 13.1 Å². The number of nitrogens with one attached hydrogen (secondary N) is 2. The van der Waals surface area contributed by atoms with E-state index in [1.807, 2.05) is 20.8 Å². The van der Waals surface area contributed by atoms with Crippen LogP contribution < -0.4 is 16.4 Å². The fourth-order valence-corrected chi connectivity index (χ4v) is 1.30. The third kappa shape index (κ3) is 9.98. The van der Waals surface area contributed by atoms with Gasteiger partial charge in [-0.3, -0.25) is 9.79 Å². The van der Waals surface area contributed by atoms with E-state index in [9.17, 15) is 4.79 Å². The normalized spacial score (nSPS) is 12.0. The van der Waals surface area contributed by atoms with Crippen molar-refractivity contribution in [3.63, 3.8) is 0 Å². The van der Waals surface area contributed by atoms with Crippen molar-refractivity contribution in [2.75, 3.05) is 19.6 Å². The highest BCUT2D eigenvalue weighted by atomic mass is 127. The Kier molecular flexibility index (Phi) is 11.2. The molecule has 4 N–H and O–H groups in total. The number of carbonyl (C=O) groups excluding carboxylic acids is 1. The number of nitrogens with two attached hydrogens (primary N) is 1. The highest BCUT2D eigenvalue weighted by Crippen LogP contribution is 2.15. The zero-order chi connectivity index (χ0) is 14.2. The summed E-state index contributed by atoms with van der Waals surface area (Å²) in [4.78, 5) is 16.0. The summed E-state index contributed by atoms with van der Waals surface area (Å²) in [5.74, 6) is 1.05. The van der Waals surface area contributed by atoms with Gasteiger partial charge in [0.25, 0.3) is 0 Å². The first-order chi connectivity index (χ1) is 8.29. The summed E-state index contributed by atoms with van der Waals surface area (Å²) < 4.78 is 0. The van der Waals surface area contributed by atoms with Crippen molar-refractivity contribution >= 4 is 35.8 Å². The SMILES string of the molecule is CCNC(=O)C(C)(C)CN=C(N)NCCC(C)C.I. The number of guanidine groups is 1. The van der Waals surface area contributed by atoms with Crippen LogP contribution in [0.3, 0.4) is 0 Å². The van der Waals surface area contributed by atoms with Gasteiger partial charge in [0.1, 0.15) is 0 Å². The molecule has 0 atom stereocenters. The lowest BCUT2D eigenvalue weighted by molar-refractivity contribution is -0.128. The van der Waals surface area contributed by atoms with Crippen LogP contribution in [0.2, 0.25) is 0 Å². The second kappa shape index (κ2) is 10.3. The van der Waals surface area contributed by atoms with Crippen molar-refractivity contribution in [2.24, 2.45) is 22.1 Å². The van der Waals surface area contributed by atoms with E-state index in [-0.39, 0.29) is 29.9 Å². The minimum Gasteiger partial charge on any atom is -0.370 e. The second-order valence-corrected chi connectivity index (χ2v) is 5.55. The van der Waals surface area contributed by atoms with Crippen molar-refractivity contribution < 1.29 is 4.79 Å². The van der Waals surface area contributed by atoms with Gasteiger partial charge in [0.2, 0.25) is 5.91 Å². The minimum absolute atomic E-state index is 0. The Hall–Kier alpha value is -0.530. The molecule has 0 aliphatic rings. The number of rotatable bonds is 7. The predicted octanol–water partition coefficient (Wildman–Crippen LogP) is 1.72. The molecule has 114 valence electrons. The zero-order valence-corrected chi connectivity index (χ0v) is 15.1. The van der Waals surface area contributed by atoms with Crippen LogP contribution in [0.15, 0.2) is 4.99 Å². The topological polar surface area (TPSA) is 79.5 Å². The second-order valence-electron chi connectivity index (χ2n) is 5.55. The maximum atomic E-state index is 11.7. The monoisotopic (exact) mass is 384 g/mol. The molecule has 0 saturated heterocycles. The lowest BCUT2D eigenvalue weighted by atomic mass is 9.92. The van der Waals surface area contributed by atoms with Gasteiger partial charge in [-0.1, -0.05) is 13.8 Å². The quantitative estimate of drug-likeness (QED) is 0.355. The molecule has 0 saturated carbocycles. The third-order valence-corrected chi connectivity index (χ3v) is 2.62. The van der Waals surface area contributed by atoms with Crippen LogP contribution in [0.25, 0.3) is 0 Å². The van der Waals surface area contributed by atoms with Crippen LogP contribution in [0.5, 0.6) is 0 Å². The van der Waals surface area contributed by atoms with Gasteiger partial charge >= 0.3 is 0 Å². The number of hydrogen-bond donors (Lipinski definition) is 3. The summed E-state index contributed by atoms with van der Waals surface area (Å²) in [6.45, 7) is 11.8. The summed E-state index contributed by atoms with van der Waals surface area (Å²) in [5, 5.41) is 5.85. The van der Waals surface area contributed by atoms with Crippen LogP contribution in [-0.2, 0) is 4.79 Å². The lowest BCUT2D eigenvalue weighted by Crippen LogP contribution is -2.40. The maximum Gasteiger partial charge on any atom is 0.227 e. The Bertz CT molecular complexity index is 290. The largest absolute Gasteiger partial charge is 0.370 e. The average molecular weight is 384 g/mol. The first-order valence-corrected chi connectivity index (χ1v) is 6.61. The zero-order valence-electron chi connectivity index (χ0n) is 12.7. The summed E-state index contributed by atoms with van der Waals surface area (Å²) in [6.07, 6.45) is 1.05. The molecule has 0 fully saturated rings. The fourth-order valence-electron chi connectivity index (χ4n) is 1.30. The van der Waals surface area contributed by atoms with Gasteiger partial charge in [-0.05, 0) is 33.1 Å². The molecule has 6 heteroatoms. The molecule has 0 heterocycles. The highest BCUT2D eigenvalue weighted by Gasteiger charge is 2.26. The van der Waals surface area contributed by atoms with Crippen molar-refractivity contribution in [2.45, 2.75) is 41.0 Å². The van der Waals surface area contributed by atoms with Crippen LogP contribution in [0.4, 0.5) is 0 Å². The van der Waals surface area contributed by atoms with Crippen molar-refractivity contribution in [3.05, 3.63) is 0 Å². The Balaban J connectivity index is 0. The number of hydrogen-bond acceptors (Lipinski definition) is 2. The summed E-state index contributed by atoms with van der Waals surface area (Å²) >= 11 is 0. The number of nitrogens with zero attached hydrogens (tertiary/aromatic N) is 1. The van der Waals surface area contributed by atoms with E-state index < -0.39 is 5.41 Å². The minimum atomic E-state index is -0.527. The number of carbonyl (C=O) groups is 1. The van der Waals surface area contributed by atoms with Crippen LogP contribution >= 0.6 is 24.0 Å². The average Bonchev–Trinajstić information content (AvgIpc) is 2.26. The summed E-state index contributed by atoms with van der Waals surface area (Å²) in [5.41, 5.74) is 5.22. The molecule has 0 radical (unpaired) electrons. The van der Waals surface area contributed by atoms with Crippen LogP contribution in [-0.4, -0.2) is 31.5 Å². The van der Waals surface area contributed by atoms with Gasteiger partial charge in [0.05, 0.1) is 12.0 Å². The van der Waals surface area contributed by atoms with E-state index in [1.165, 1.54) is 0 Å². The van der Waals surface area contributed by atoms with Crippen molar-refractivity contribution in [1.29, 1.82) is 0 Å². The van der Waals surface area contributed by atoms with Crippen molar-refractivity contribution in [3.8, 4) is 0 Å². The van der Waals surface area contributed by atoms with Crippen molar-refractivity contribution in [1.82, 2.24) is 10.6 Å². The van der Waals surface area contributed by atoms with E-state index in [1.54, 1.807) is 0 Å². The summed E-state index contributed by atoms with van der Waals surface area (Å²) in [7, 11) is 0. The molecule has 0 bridgehead atoms. The van der Waals surface area contributed by atoms with E-state index >= 15 is 0 Å². The number of aliphatic imine (C=N–C) groups is 1. The van der Waals surface area contributed by atoms with Gasteiger partial charge in [-0.25, -0.2) is 0 Å². The molecule has 0 unspecified atom stereocenters. The van der Waals surface area contributed by atoms with Crippen LogP contribution in [0.1, 0.15) is 41.0 Å². The predicted molar refractivity (Wildman–Crippen MR) is 91.8 cm³/mol. The molecule has 0 spiro atoms. The van der Waals surface area contributed by atoms with E-state index in [0.717, 1.165) is 13.0 Å². The van der Waals surface area contributed by atoms with Gasteiger partial charge in [-0.15, -0.1) is 24.0 Å². The molecule has 19 heavy (non-hydrogen) atoms. The van der Waals surface area contributed by atoms with E-state index in [2.05, 4.69) is 29.5 Å². The van der Waals surface area contributed by atoms with E-state index in [4.69, 9.17) is 5.73 Å². The van der Waals surface area contributed by atoms with E-state index in [0.29, 0.717) is 25.0 Å². The first kappa shape index (κ1) is 20.8. The molecular formula is C13H29IN4O. The fraction of sp³-hybridized carbons (Fsp3) is 0.846. The molecular weight excluding hydrogens is 355 g/mol. The third-order valence-electron chi connectivity index (χ3n) is 2.62. The molecule has 1 amide bonds. The Labute approximate surface area is 134 Å². The lowest BCUT2D eigenvalue weighted by Gasteiger charge is -2.21. The molecule has 0 rings (SSSR count). The molecule has 0 aromatic rings. The van der Waals surface area contributed by atoms with Crippen LogP contribution in [0, 0.1) is 11.3 Å². The smallest absolute Gasteiger partial charge is 0.227 e. The standard InChI is InChI=1S/C13H28N4O.HI/c1-6-15-11(18)13(4,5)9-17-12(14)16-8-7-10(2)3;/h10H,6-9H2,1-5H3,(H,15,18)(H3,14,16,17);1H. The maximum absolute atomic E-state index is 11.7. The van der Waals surface area contributed by atoms with Gasteiger partial charge < -0.3 is 16.4 Å². The Morgan fingerprint density at radius 2 is 1.89 bits per heavy atom. The summed E-state index contributed by atoms with van der Waals surface area (Å²) in [6, 6.07) is 0. The number of amides is 1. The molecule has 0 aromatic heterocycles. The molecule has 0 aromatic carbocycles. The highest BCUT2D eigenvalue weighted by molar-refractivity contribution is 14.0. The Morgan fingerprint density at radius 1 is 1.32 bits per heavy atom. The molecule has 0 aliphatic carbocycles. The van der Waals surface area contributed by atoms with Gasteiger partial charge in [-0.2, -0.15) is 0 Å². The van der Waals surface area contributed by atoms with Gasteiger partial charge in [0.15, 0.2) is 5.96 Å². The first-order valence-electron chi connectivity index (χ1n) is 6.61. The Morgan fingerprint density at radius 3 is 2.37 bits per heavy atom. The molecule has 5 nitrogen and oxygen atoms in total.